The van der Waals surface area contributed by atoms with E-state index in [1.54, 1.807) is 0 Å². The fourth-order valence-electron chi connectivity index (χ4n) is 1.65. The molecule has 0 aliphatic rings. The Labute approximate surface area is 247 Å². The molecule has 0 aromatic rings. The van der Waals surface area contributed by atoms with Crippen molar-refractivity contribution in [2.45, 2.75) is 34.5 Å². The monoisotopic (exact) mass is 1040 g/mol. The van der Waals surface area contributed by atoms with Crippen LogP contribution in [0.5, 0.6) is 0 Å². The smallest absolute Gasteiger partial charge is 0.747 e. The van der Waals surface area contributed by atoms with Crippen LogP contribution in [-0.4, -0.2) is 109 Å². The number of ketones is 3. The Hall–Kier alpha value is -0.0495. The largest absolute Gasteiger partial charge is 3.00 e. The van der Waals surface area contributed by atoms with Crippen molar-refractivity contribution in [3.8, 4) is 0 Å². The van der Waals surface area contributed by atoms with Gasteiger partial charge in [0.1, 0.15) is 60.7 Å². The van der Waals surface area contributed by atoms with Crippen molar-refractivity contribution < 1.29 is 137 Å². The molecular formula is C9H12Au2O21S6. The molecule has 0 atom stereocenters. The quantitative estimate of drug-likeness (QED) is 0.153. The second-order valence-corrected chi connectivity index (χ2v) is 15.4. The number of hydrogen-bond donors (Lipinski definition) is 0. The Bertz CT molecular complexity index is 1220. The SMILES string of the molecule is CC(=O)C(S(=O)(=O)[O-])S(=O)(=O)[O-].CC(=O)C(S(=O)(=O)[O-])S(=O)(=O)[O-].CC(=O)C(S(=O)(=O)[O-])S(=O)(=O)[O-].[Au+3].[Au+3]. The van der Waals surface area contributed by atoms with Crippen LogP contribution in [0.3, 0.4) is 0 Å². The van der Waals surface area contributed by atoms with E-state index in [4.69, 9.17) is 0 Å². The molecule has 0 radical (unpaired) electrons. The van der Waals surface area contributed by atoms with E-state index in [0.29, 0.717) is 20.8 Å². The van der Waals surface area contributed by atoms with Crippen LogP contribution in [0.4, 0.5) is 0 Å². The zero-order chi connectivity index (χ0) is 30.5. The van der Waals surface area contributed by atoms with E-state index in [9.17, 15) is 92.2 Å². The summed E-state index contributed by atoms with van der Waals surface area (Å²) in [4.78, 5) is 30.8. The number of Topliss-reactive ketones (excluding diaryl/α,β-unsaturated/α-hetero) is 3. The molecule has 232 valence electrons. The van der Waals surface area contributed by atoms with Gasteiger partial charge in [0.2, 0.25) is 0 Å². The zero-order valence-corrected chi connectivity index (χ0v) is 27.1. The topological polar surface area (TPSA) is 394 Å². The first-order chi connectivity index (χ1) is 15.2. The third-order valence-corrected chi connectivity index (χ3v) is 11.9. The summed E-state index contributed by atoms with van der Waals surface area (Å²) in [6.07, 6.45) is 0. The molecule has 0 fully saturated rings. The Balaban J connectivity index is -0.000000140. The van der Waals surface area contributed by atoms with Gasteiger partial charge in [0, 0.05) is 0 Å². The van der Waals surface area contributed by atoms with Crippen LogP contribution in [0.15, 0.2) is 0 Å². The number of hydrogen-bond acceptors (Lipinski definition) is 21. The summed E-state index contributed by atoms with van der Waals surface area (Å²) < 4.78 is 172. The molecule has 0 rings (SSSR count). The molecule has 0 aliphatic carbocycles. The summed E-state index contributed by atoms with van der Waals surface area (Å²) in [6, 6.07) is 0. The first-order valence-electron chi connectivity index (χ1n) is 7.39. The molecule has 38 heavy (non-hydrogen) atoms. The van der Waals surface area contributed by atoms with Crippen molar-refractivity contribution in [2.75, 3.05) is 0 Å². The molecule has 0 aliphatic heterocycles. The second-order valence-electron chi connectivity index (χ2n) is 5.78. The van der Waals surface area contributed by atoms with Gasteiger partial charge >= 0.3 is 44.8 Å². The first-order valence-corrected chi connectivity index (χ1v) is 16.2. The molecule has 0 aromatic heterocycles. The van der Waals surface area contributed by atoms with Gasteiger partial charge in [-0.05, 0) is 20.8 Å². The molecule has 0 saturated heterocycles. The van der Waals surface area contributed by atoms with E-state index in [1.807, 2.05) is 0 Å². The number of carbonyl (C=O) groups excluding carboxylic acids is 3. The van der Waals surface area contributed by atoms with Gasteiger partial charge in [0.25, 0.3) is 0 Å². The van der Waals surface area contributed by atoms with E-state index in [-0.39, 0.29) is 44.8 Å². The van der Waals surface area contributed by atoms with Crippen molar-refractivity contribution in [2.24, 2.45) is 0 Å². The van der Waals surface area contributed by atoms with Crippen molar-refractivity contribution in [3.63, 3.8) is 0 Å². The van der Waals surface area contributed by atoms with Crippen LogP contribution in [0.1, 0.15) is 20.8 Å². The van der Waals surface area contributed by atoms with Crippen LogP contribution in [0.2, 0.25) is 0 Å². The fraction of sp³-hybridized carbons (Fsp3) is 0.667. The molecule has 21 nitrogen and oxygen atoms in total. The van der Waals surface area contributed by atoms with Crippen LogP contribution in [0.25, 0.3) is 0 Å². The maximum Gasteiger partial charge on any atom is 3.00 e. The van der Waals surface area contributed by atoms with Crippen molar-refractivity contribution >= 4 is 78.1 Å². The van der Waals surface area contributed by atoms with Gasteiger partial charge in [0.15, 0.2) is 31.1 Å². The minimum Gasteiger partial charge on any atom is -0.747 e. The van der Waals surface area contributed by atoms with Crippen molar-refractivity contribution in [1.29, 1.82) is 0 Å². The summed E-state index contributed by atoms with van der Waals surface area (Å²) in [5, 5.41) is 0. The van der Waals surface area contributed by atoms with Crippen LogP contribution < -0.4 is 0 Å². The molecule has 0 spiro atoms. The molecule has 0 heterocycles. The average Bonchev–Trinajstić information content (AvgIpc) is 2.34. The number of carbonyl (C=O) groups is 3. The Morgan fingerprint density at radius 2 is 0.447 bits per heavy atom. The second kappa shape index (κ2) is 16.4. The summed E-state index contributed by atoms with van der Waals surface area (Å²) >= 11 is 0. The molecule has 0 bridgehead atoms. The third-order valence-electron chi connectivity index (χ3n) is 2.57. The van der Waals surface area contributed by atoms with E-state index in [0.717, 1.165) is 0 Å². The summed E-state index contributed by atoms with van der Waals surface area (Å²) in [5.74, 6) is -4.50. The molecule has 0 saturated carbocycles. The van der Waals surface area contributed by atoms with Crippen molar-refractivity contribution in [1.82, 2.24) is 0 Å². The molecule has 0 amide bonds. The zero-order valence-electron chi connectivity index (χ0n) is 17.9. The van der Waals surface area contributed by atoms with E-state index in [1.165, 1.54) is 0 Å². The summed E-state index contributed by atoms with van der Waals surface area (Å²) in [7, 11) is -32.5. The summed E-state index contributed by atoms with van der Waals surface area (Å²) in [6.45, 7) is 1.61. The van der Waals surface area contributed by atoms with Crippen LogP contribution in [-0.2, 0) is 120 Å². The number of rotatable bonds is 9. The minimum absolute atomic E-state index is 0. The molecule has 29 heteroatoms. The van der Waals surface area contributed by atoms with Gasteiger partial charge in [-0.2, -0.15) is 0 Å². The predicted molar refractivity (Wildman–Crippen MR) is 102 cm³/mol. The normalized spacial score (nSPS) is 12.6. The minimum atomic E-state index is -5.42. The van der Waals surface area contributed by atoms with Gasteiger partial charge in [-0.15, -0.1) is 0 Å². The Morgan fingerprint density at radius 1 is 0.368 bits per heavy atom. The van der Waals surface area contributed by atoms with E-state index in [2.05, 4.69) is 0 Å². The third kappa shape index (κ3) is 19.1. The standard InChI is InChI=1S/3C3H6O7S2.2Au/c3*1-2(4)3(11(5,6)7)12(8,9)10;;/h3*3H,1H3,(H,5,6,7)(H,8,9,10);;/q;;;2*+3/p-6. The maximum atomic E-state index is 10.3. The predicted octanol–water partition coefficient (Wildman–Crippen LogP) is -6.03. The van der Waals surface area contributed by atoms with Gasteiger partial charge in [-0.25, -0.2) is 50.5 Å². The van der Waals surface area contributed by atoms with Gasteiger partial charge in [0.05, 0.1) is 0 Å². The maximum absolute atomic E-state index is 10.3. The average molecular weight is 1040 g/mol. The van der Waals surface area contributed by atoms with Gasteiger partial charge in [-0.3, -0.25) is 14.4 Å². The Morgan fingerprint density at radius 3 is 0.447 bits per heavy atom. The van der Waals surface area contributed by atoms with E-state index < -0.39 is 91.8 Å². The molecule has 0 aromatic carbocycles. The van der Waals surface area contributed by atoms with Crippen molar-refractivity contribution in [3.05, 3.63) is 0 Å². The molecule has 0 N–H and O–H groups in total. The van der Waals surface area contributed by atoms with Crippen LogP contribution >= 0.6 is 0 Å². The van der Waals surface area contributed by atoms with Gasteiger partial charge < -0.3 is 27.3 Å². The first kappa shape index (κ1) is 47.7. The molecular weight excluding hydrogens is 1030 g/mol. The summed E-state index contributed by atoms with van der Waals surface area (Å²) in [5.41, 5.74) is 0. The van der Waals surface area contributed by atoms with Crippen LogP contribution in [0, 0.1) is 0 Å². The fourth-order valence-corrected chi connectivity index (χ4v) is 7.56. The Kier molecular flexibility index (Phi) is 20.6. The van der Waals surface area contributed by atoms with Gasteiger partial charge in [-0.1, -0.05) is 0 Å². The van der Waals surface area contributed by atoms with E-state index >= 15 is 0 Å². The molecule has 0 unspecified atom stereocenters.